The Morgan fingerprint density at radius 1 is 1.50 bits per heavy atom. The lowest BCUT2D eigenvalue weighted by atomic mass is 10.2. The van der Waals surface area contributed by atoms with Crippen molar-refractivity contribution in [3.63, 3.8) is 0 Å². The number of halogens is 1. The number of thiophene rings is 1. The summed E-state index contributed by atoms with van der Waals surface area (Å²) in [7, 11) is 0. The third kappa shape index (κ3) is 4.66. The van der Waals surface area contributed by atoms with Crippen LogP contribution in [0.3, 0.4) is 0 Å². The molecule has 0 fully saturated rings. The average Bonchev–Trinajstić information content (AvgIpc) is 2.57. The van der Waals surface area contributed by atoms with E-state index in [1.165, 1.54) is 4.88 Å². The Morgan fingerprint density at radius 3 is 2.62 bits per heavy atom. The molecule has 1 rings (SSSR count). The number of hydrogen-bond donors (Lipinski definition) is 1. The second kappa shape index (κ2) is 6.29. The van der Waals surface area contributed by atoms with Crippen LogP contribution in [0.15, 0.2) is 11.4 Å². The summed E-state index contributed by atoms with van der Waals surface area (Å²) in [6, 6.07) is 2.36. The summed E-state index contributed by atoms with van der Waals surface area (Å²) in [4.78, 5) is 1.26. The molecule has 0 aromatic carbocycles. The Bertz CT molecular complexity index is 317. The van der Waals surface area contributed by atoms with Gasteiger partial charge in [0.1, 0.15) is 0 Å². The molecule has 0 radical (unpaired) electrons. The zero-order chi connectivity index (χ0) is 12.2. The first-order valence-corrected chi connectivity index (χ1v) is 7.78. The van der Waals surface area contributed by atoms with Gasteiger partial charge in [-0.15, -0.1) is 11.3 Å². The first-order chi connectivity index (χ1) is 7.44. The van der Waals surface area contributed by atoms with Crippen molar-refractivity contribution in [1.29, 1.82) is 0 Å². The van der Waals surface area contributed by atoms with Gasteiger partial charge in [-0.1, -0.05) is 39.3 Å². The smallest absolute Gasteiger partial charge is 0.0561 e. The van der Waals surface area contributed by atoms with E-state index in [9.17, 15) is 0 Å². The molecular formula is C12H20ClNS2. The van der Waals surface area contributed by atoms with Gasteiger partial charge in [-0.2, -0.15) is 11.8 Å². The highest BCUT2D eigenvalue weighted by Gasteiger charge is 2.19. The molecule has 1 aromatic heterocycles. The highest BCUT2D eigenvalue weighted by atomic mass is 35.5. The molecule has 1 atom stereocenters. The van der Waals surface area contributed by atoms with Gasteiger partial charge in [0.05, 0.1) is 11.1 Å². The zero-order valence-corrected chi connectivity index (χ0v) is 12.7. The molecule has 0 spiro atoms. The Hall–Kier alpha value is 0.300. The van der Waals surface area contributed by atoms with E-state index in [4.69, 9.17) is 11.6 Å². The predicted molar refractivity (Wildman–Crippen MR) is 78.0 cm³/mol. The summed E-state index contributed by atoms with van der Waals surface area (Å²) in [5.41, 5.74) is 0. The summed E-state index contributed by atoms with van der Waals surface area (Å²) in [5, 5.41) is 6.46. The lowest BCUT2D eigenvalue weighted by molar-refractivity contribution is 0.612. The minimum atomic E-state index is 0.303. The molecule has 0 amide bonds. The van der Waals surface area contributed by atoms with Crippen LogP contribution in [-0.4, -0.2) is 17.0 Å². The highest BCUT2D eigenvalue weighted by Crippen LogP contribution is 2.34. The largest absolute Gasteiger partial charge is 0.309 e. The maximum Gasteiger partial charge on any atom is 0.0561 e. The molecule has 0 aliphatic carbocycles. The predicted octanol–water partition coefficient (Wildman–Crippen LogP) is 4.58. The van der Waals surface area contributed by atoms with E-state index in [1.807, 2.05) is 17.8 Å². The molecule has 1 N–H and O–H groups in total. The van der Waals surface area contributed by atoms with E-state index in [1.54, 1.807) is 11.3 Å². The summed E-state index contributed by atoms with van der Waals surface area (Å²) in [6.45, 7) is 9.85. The molecule has 1 unspecified atom stereocenters. The normalized spacial score (nSPS) is 14.1. The van der Waals surface area contributed by atoms with Gasteiger partial charge >= 0.3 is 0 Å². The molecule has 0 saturated carbocycles. The summed E-state index contributed by atoms with van der Waals surface area (Å²) in [6.07, 6.45) is 0. The fourth-order valence-electron chi connectivity index (χ4n) is 1.36. The molecular weight excluding hydrogens is 258 g/mol. The van der Waals surface area contributed by atoms with E-state index in [0.717, 1.165) is 17.3 Å². The number of thioether (sulfide) groups is 1. The van der Waals surface area contributed by atoms with Crippen LogP contribution in [0.1, 0.15) is 38.6 Å². The average molecular weight is 278 g/mol. The molecule has 16 heavy (non-hydrogen) atoms. The van der Waals surface area contributed by atoms with Crippen molar-refractivity contribution in [1.82, 2.24) is 5.32 Å². The lowest BCUT2D eigenvalue weighted by Gasteiger charge is -2.23. The van der Waals surface area contributed by atoms with Gasteiger partial charge in [0.15, 0.2) is 0 Å². The van der Waals surface area contributed by atoms with Gasteiger partial charge < -0.3 is 5.32 Å². The molecule has 1 heterocycles. The van der Waals surface area contributed by atoms with Gasteiger partial charge in [0.25, 0.3) is 0 Å². The van der Waals surface area contributed by atoms with Gasteiger partial charge in [-0.25, -0.2) is 0 Å². The Labute approximate surface area is 112 Å². The monoisotopic (exact) mass is 277 g/mol. The summed E-state index contributed by atoms with van der Waals surface area (Å²) >= 11 is 9.90. The number of hydrogen-bond acceptors (Lipinski definition) is 3. The van der Waals surface area contributed by atoms with Crippen molar-refractivity contribution in [2.45, 2.75) is 38.5 Å². The van der Waals surface area contributed by atoms with Crippen molar-refractivity contribution in [2.24, 2.45) is 0 Å². The molecule has 4 heteroatoms. The van der Waals surface area contributed by atoms with Gasteiger partial charge in [-0.05, 0) is 18.0 Å². The van der Waals surface area contributed by atoms with Crippen LogP contribution < -0.4 is 5.32 Å². The quantitative estimate of drug-likeness (QED) is 0.845. The van der Waals surface area contributed by atoms with Crippen LogP contribution in [0, 0.1) is 0 Å². The minimum Gasteiger partial charge on any atom is -0.309 e. The molecule has 0 aliphatic heterocycles. The molecule has 1 nitrogen and oxygen atoms in total. The zero-order valence-electron chi connectivity index (χ0n) is 10.3. The molecule has 0 bridgehead atoms. The summed E-state index contributed by atoms with van der Waals surface area (Å²) in [5.74, 6) is 1.07. The standard InChI is InChI=1S/C12H20ClNS2/c1-5-14-10(8-16-12(2,3)4)11-9(13)6-7-15-11/h6-7,10,14H,5,8H2,1-4H3. The van der Waals surface area contributed by atoms with Crippen molar-refractivity contribution in [2.75, 3.05) is 12.3 Å². The molecule has 1 aromatic rings. The van der Waals surface area contributed by atoms with E-state index in [0.29, 0.717) is 10.8 Å². The van der Waals surface area contributed by atoms with Crippen molar-refractivity contribution >= 4 is 34.7 Å². The van der Waals surface area contributed by atoms with Gasteiger partial charge in [0.2, 0.25) is 0 Å². The van der Waals surface area contributed by atoms with Crippen molar-refractivity contribution < 1.29 is 0 Å². The van der Waals surface area contributed by atoms with Crippen molar-refractivity contribution in [3.8, 4) is 0 Å². The van der Waals surface area contributed by atoms with Crippen LogP contribution in [0.4, 0.5) is 0 Å². The van der Waals surface area contributed by atoms with E-state index < -0.39 is 0 Å². The fourth-order valence-corrected chi connectivity index (χ4v) is 3.68. The van der Waals surface area contributed by atoms with E-state index >= 15 is 0 Å². The van der Waals surface area contributed by atoms with Crippen LogP contribution in [-0.2, 0) is 0 Å². The Kier molecular flexibility index (Phi) is 5.65. The fraction of sp³-hybridized carbons (Fsp3) is 0.667. The number of rotatable bonds is 5. The van der Waals surface area contributed by atoms with Crippen LogP contribution >= 0.6 is 34.7 Å². The van der Waals surface area contributed by atoms with Crippen LogP contribution in [0.2, 0.25) is 5.02 Å². The lowest BCUT2D eigenvalue weighted by Crippen LogP contribution is -2.24. The molecule has 0 saturated heterocycles. The number of nitrogens with one attached hydrogen (secondary N) is 1. The Morgan fingerprint density at radius 2 is 2.19 bits per heavy atom. The summed E-state index contributed by atoms with van der Waals surface area (Å²) < 4.78 is 0.303. The van der Waals surface area contributed by atoms with E-state index in [2.05, 4.69) is 38.4 Å². The first kappa shape index (κ1) is 14.4. The second-order valence-electron chi connectivity index (χ2n) is 4.67. The Balaban J connectivity index is 2.65. The first-order valence-electron chi connectivity index (χ1n) is 5.54. The highest BCUT2D eigenvalue weighted by molar-refractivity contribution is 8.00. The molecule has 0 aliphatic rings. The topological polar surface area (TPSA) is 12.0 Å². The SMILES string of the molecule is CCNC(CSC(C)(C)C)c1sccc1Cl. The molecule has 92 valence electrons. The van der Waals surface area contributed by atoms with Gasteiger partial charge in [0, 0.05) is 15.4 Å². The third-order valence-corrected chi connectivity index (χ3v) is 4.93. The third-order valence-electron chi connectivity index (χ3n) is 2.09. The second-order valence-corrected chi connectivity index (χ2v) is 7.87. The maximum atomic E-state index is 6.18. The maximum absolute atomic E-state index is 6.18. The van der Waals surface area contributed by atoms with Crippen LogP contribution in [0.25, 0.3) is 0 Å². The van der Waals surface area contributed by atoms with E-state index in [-0.39, 0.29) is 0 Å². The van der Waals surface area contributed by atoms with Crippen LogP contribution in [0.5, 0.6) is 0 Å². The minimum absolute atomic E-state index is 0.303. The van der Waals surface area contributed by atoms with Crippen molar-refractivity contribution in [3.05, 3.63) is 21.3 Å². The van der Waals surface area contributed by atoms with Gasteiger partial charge in [-0.3, -0.25) is 0 Å².